The number of piperidine rings is 1. The van der Waals surface area contributed by atoms with Crippen molar-refractivity contribution >= 4 is 12.0 Å². The summed E-state index contributed by atoms with van der Waals surface area (Å²) in [5, 5.41) is 0. The van der Waals surface area contributed by atoms with Crippen LogP contribution in [0.5, 0.6) is 0 Å². The van der Waals surface area contributed by atoms with Gasteiger partial charge in [0.15, 0.2) is 0 Å². The minimum atomic E-state index is -0.599. The van der Waals surface area contributed by atoms with Gasteiger partial charge in [0, 0.05) is 50.8 Å². The normalized spacial score (nSPS) is 19.0. The summed E-state index contributed by atoms with van der Waals surface area (Å²) in [6, 6.07) is 0. The average Bonchev–Trinajstić information content (AvgIpc) is 2.91. The van der Waals surface area contributed by atoms with Crippen molar-refractivity contribution in [3.63, 3.8) is 0 Å². The number of likely N-dealkylation sites (tertiary alicyclic amines) is 1. The van der Waals surface area contributed by atoms with Crippen LogP contribution in [0, 0.1) is 0 Å². The molecule has 27 heavy (non-hydrogen) atoms. The largest absolute Gasteiger partial charge is 0.441 e. The molecular weight excluding hydrogens is 354 g/mol. The zero-order valence-corrected chi connectivity index (χ0v) is 15.6. The van der Waals surface area contributed by atoms with Crippen LogP contribution in [0.3, 0.4) is 0 Å². The van der Waals surface area contributed by atoms with Gasteiger partial charge in [0.25, 0.3) is 5.56 Å². The average molecular weight is 379 g/mol. The molecule has 2 fully saturated rings. The van der Waals surface area contributed by atoms with Crippen molar-refractivity contribution in [3.05, 3.63) is 32.6 Å². The van der Waals surface area contributed by atoms with Crippen molar-refractivity contribution in [2.45, 2.75) is 24.9 Å². The molecule has 0 aliphatic carbocycles. The Bertz CT molecular complexity index is 821. The van der Waals surface area contributed by atoms with Crippen LogP contribution in [-0.4, -0.2) is 89.1 Å². The lowest BCUT2D eigenvalue weighted by atomic mass is 9.91. The Hall–Kier alpha value is -2.62. The second-order valence-electron chi connectivity index (χ2n) is 7.43. The van der Waals surface area contributed by atoms with Gasteiger partial charge < -0.3 is 24.4 Å². The van der Waals surface area contributed by atoms with Gasteiger partial charge in [-0.05, 0) is 14.1 Å². The van der Waals surface area contributed by atoms with E-state index in [-0.39, 0.29) is 24.0 Å². The lowest BCUT2D eigenvalue weighted by molar-refractivity contribution is -0.133. The van der Waals surface area contributed by atoms with Gasteiger partial charge in [-0.2, -0.15) is 0 Å². The highest BCUT2D eigenvalue weighted by atomic mass is 16.6. The number of aromatic amines is 2. The molecular formula is C17H25N5O5. The number of hydrogen-bond acceptors (Lipinski definition) is 6. The number of carbonyl (C=O) groups is 2. The van der Waals surface area contributed by atoms with Crippen LogP contribution in [0.1, 0.15) is 18.4 Å². The number of H-pyrrole nitrogens is 2. The van der Waals surface area contributed by atoms with Crippen LogP contribution < -0.4 is 11.2 Å². The molecule has 0 radical (unpaired) electrons. The number of aromatic nitrogens is 2. The summed E-state index contributed by atoms with van der Waals surface area (Å²) in [6.07, 6.45) is 2.05. The highest BCUT2D eigenvalue weighted by Gasteiger charge is 2.47. The minimum absolute atomic E-state index is 0.0755. The summed E-state index contributed by atoms with van der Waals surface area (Å²) in [5.41, 5.74) is -1.46. The number of nitrogens with one attached hydrogen (secondary N) is 2. The highest BCUT2D eigenvalue weighted by molar-refractivity contribution is 5.78. The molecule has 0 saturated carbocycles. The molecule has 3 heterocycles. The maximum Gasteiger partial charge on any atom is 0.410 e. The molecule has 2 amide bonds. The first-order valence-electron chi connectivity index (χ1n) is 8.99. The Morgan fingerprint density at radius 3 is 2.59 bits per heavy atom. The van der Waals surface area contributed by atoms with E-state index in [1.54, 1.807) is 9.80 Å². The Morgan fingerprint density at radius 2 is 1.96 bits per heavy atom. The summed E-state index contributed by atoms with van der Waals surface area (Å²) in [6.45, 7) is 2.86. The quantitative estimate of drug-likeness (QED) is 0.676. The fourth-order valence-corrected chi connectivity index (χ4v) is 3.45. The van der Waals surface area contributed by atoms with E-state index < -0.39 is 16.9 Å². The predicted molar refractivity (Wildman–Crippen MR) is 96.5 cm³/mol. The lowest BCUT2D eigenvalue weighted by Crippen LogP contribution is -2.49. The van der Waals surface area contributed by atoms with Gasteiger partial charge >= 0.3 is 11.8 Å². The fraction of sp³-hybridized carbons (Fsp3) is 0.647. The van der Waals surface area contributed by atoms with Crippen molar-refractivity contribution in [1.29, 1.82) is 0 Å². The van der Waals surface area contributed by atoms with Crippen LogP contribution in [0.15, 0.2) is 15.8 Å². The molecule has 2 N–H and O–H groups in total. The Kier molecular flexibility index (Phi) is 5.36. The zero-order chi connectivity index (χ0) is 19.6. The monoisotopic (exact) mass is 379 g/mol. The molecule has 2 aliphatic heterocycles. The van der Waals surface area contributed by atoms with Crippen LogP contribution in [0.25, 0.3) is 0 Å². The molecule has 0 atom stereocenters. The molecule has 0 bridgehead atoms. The summed E-state index contributed by atoms with van der Waals surface area (Å²) >= 11 is 0. The maximum absolute atomic E-state index is 12.5. The highest BCUT2D eigenvalue weighted by Crippen LogP contribution is 2.33. The molecule has 1 spiro atoms. The number of likely N-dealkylation sites (N-methyl/N-ethyl adjacent to an activating group) is 1. The number of nitrogens with zero attached hydrogens (tertiary/aromatic N) is 3. The van der Waals surface area contributed by atoms with E-state index in [1.807, 2.05) is 19.0 Å². The van der Waals surface area contributed by atoms with Gasteiger partial charge in [0.1, 0.15) is 5.60 Å². The third kappa shape index (κ3) is 4.38. The molecule has 0 unspecified atom stereocenters. The van der Waals surface area contributed by atoms with E-state index in [2.05, 4.69) is 9.97 Å². The molecule has 10 heteroatoms. The van der Waals surface area contributed by atoms with Gasteiger partial charge in [-0.3, -0.25) is 14.6 Å². The first-order chi connectivity index (χ1) is 12.8. The number of rotatable bonds is 5. The third-order valence-electron chi connectivity index (χ3n) is 5.12. The topological polar surface area (TPSA) is 119 Å². The van der Waals surface area contributed by atoms with Crippen LogP contribution in [0.4, 0.5) is 4.79 Å². The summed E-state index contributed by atoms with van der Waals surface area (Å²) in [7, 11) is 3.91. The Balaban J connectivity index is 1.55. The smallest absolute Gasteiger partial charge is 0.410 e. The van der Waals surface area contributed by atoms with Gasteiger partial charge in [0.05, 0.1) is 13.0 Å². The SMILES string of the molecule is CN(C)CCN1CC2(CCN(C(=O)Cc3c[nH]c(=O)[nH]c3=O)CC2)OC1=O. The Labute approximate surface area is 156 Å². The van der Waals surface area contributed by atoms with Crippen molar-refractivity contribution in [2.24, 2.45) is 0 Å². The van der Waals surface area contributed by atoms with Crippen LogP contribution in [0.2, 0.25) is 0 Å². The van der Waals surface area contributed by atoms with E-state index in [4.69, 9.17) is 4.74 Å². The second kappa shape index (κ2) is 7.55. The third-order valence-corrected chi connectivity index (χ3v) is 5.12. The maximum atomic E-state index is 12.5. The first-order valence-corrected chi connectivity index (χ1v) is 8.99. The van der Waals surface area contributed by atoms with Crippen LogP contribution in [-0.2, 0) is 16.0 Å². The van der Waals surface area contributed by atoms with E-state index >= 15 is 0 Å². The molecule has 1 aromatic rings. The van der Waals surface area contributed by atoms with E-state index in [0.717, 1.165) is 6.54 Å². The van der Waals surface area contributed by atoms with E-state index in [9.17, 15) is 19.2 Å². The second-order valence-corrected chi connectivity index (χ2v) is 7.43. The van der Waals surface area contributed by atoms with Gasteiger partial charge in [-0.15, -0.1) is 0 Å². The molecule has 1 aromatic heterocycles. The number of ether oxygens (including phenoxy) is 1. The van der Waals surface area contributed by atoms with E-state index in [1.165, 1.54) is 6.20 Å². The number of hydrogen-bond donors (Lipinski definition) is 2. The summed E-state index contributed by atoms with van der Waals surface area (Å²) in [4.78, 5) is 57.3. The fourth-order valence-electron chi connectivity index (χ4n) is 3.45. The molecule has 3 rings (SSSR count). The number of amides is 2. The van der Waals surface area contributed by atoms with Crippen molar-refractivity contribution in [1.82, 2.24) is 24.7 Å². The molecule has 2 saturated heterocycles. The summed E-state index contributed by atoms with van der Waals surface area (Å²) in [5.74, 6) is -0.184. The molecule has 148 valence electrons. The van der Waals surface area contributed by atoms with Crippen molar-refractivity contribution in [3.8, 4) is 0 Å². The summed E-state index contributed by atoms with van der Waals surface area (Å²) < 4.78 is 5.65. The lowest BCUT2D eigenvalue weighted by Gasteiger charge is -2.37. The van der Waals surface area contributed by atoms with Crippen molar-refractivity contribution in [2.75, 3.05) is 46.8 Å². The standard InChI is InChI=1S/C17H25N5O5/c1-20(2)7-8-22-11-17(27-16(22)26)3-5-21(6-4-17)13(23)9-12-10-18-15(25)19-14(12)24/h10H,3-9,11H2,1-2H3,(H2,18,19,24,25). The van der Waals surface area contributed by atoms with Gasteiger partial charge in [-0.1, -0.05) is 0 Å². The Morgan fingerprint density at radius 1 is 1.26 bits per heavy atom. The van der Waals surface area contributed by atoms with E-state index in [0.29, 0.717) is 39.0 Å². The molecule has 2 aliphatic rings. The van der Waals surface area contributed by atoms with Crippen LogP contribution >= 0.6 is 0 Å². The number of carbonyl (C=O) groups excluding carboxylic acids is 2. The molecule has 0 aromatic carbocycles. The first kappa shape index (κ1) is 19.2. The van der Waals surface area contributed by atoms with Crippen molar-refractivity contribution < 1.29 is 14.3 Å². The van der Waals surface area contributed by atoms with Gasteiger partial charge in [-0.25, -0.2) is 9.59 Å². The minimum Gasteiger partial charge on any atom is -0.441 e. The zero-order valence-electron chi connectivity index (χ0n) is 15.6. The molecule has 10 nitrogen and oxygen atoms in total. The van der Waals surface area contributed by atoms with Gasteiger partial charge in [0.2, 0.25) is 5.91 Å². The predicted octanol–water partition coefficient (Wildman–Crippen LogP) is -1.02.